The number of hydrogen-bond acceptors (Lipinski definition) is 5. The van der Waals surface area contributed by atoms with Crippen LogP contribution < -0.4 is 16.4 Å². The summed E-state index contributed by atoms with van der Waals surface area (Å²) in [5, 5.41) is 5.94. The van der Waals surface area contributed by atoms with Crippen molar-refractivity contribution in [3.05, 3.63) is 16.0 Å². The molecule has 0 aromatic carbocycles. The molecule has 8 nitrogen and oxygen atoms in total. The number of carbonyl (C=O) groups is 4. The van der Waals surface area contributed by atoms with Crippen molar-refractivity contribution < 1.29 is 19.2 Å². The summed E-state index contributed by atoms with van der Waals surface area (Å²) >= 11 is 1.35. The lowest BCUT2D eigenvalue weighted by atomic mass is 9.73. The molecule has 1 saturated heterocycles. The Morgan fingerprint density at radius 3 is 2.79 bits per heavy atom. The third-order valence-electron chi connectivity index (χ3n) is 6.22. The molecular weight excluding hydrogens is 380 g/mol. The number of urea groups is 1. The number of nitrogens with zero attached hydrogens (tertiary/aromatic N) is 1. The number of amides is 5. The topological polar surface area (TPSA) is 122 Å². The fraction of sp³-hybridized carbons (Fsp3) is 0.579. The highest BCUT2D eigenvalue weighted by molar-refractivity contribution is 7.17. The van der Waals surface area contributed by atoms with Crippen molar-refractivity contribution in [2.45, 2.75) is 57.4 Å². The smallest absolute Gasteiger partial charge is 0.325 e. The van der Waals surface area contributed by atoms with Gasteiger partial charge < -0.3 is 16.4 Å². The SMILES string of the molecule is C[C@@H]1CCCC[C@]12NC(=O)N(CC(=O)Nc1sc3c(c1C(N)=O)CCC3)C2=O. The second-order valence-electron chi connectivity index (χ2n) is 7.91. The van der Waals surface area contributed by atoms with Crippen molar-refractivity contribution >= 4 is 40.1 Å². The minimum atomic E-state index is -0.891. The van der Waals surface area contributed by atoms with Crippen LogP contribution in [-0.2, 0) is 22.4 Å². The van der Waals surface area contributed by atoms with E-state index in [9.17, 15) is 19.2 Å². The maximum atomic E-state index is 13.0. The monoisotopic (exact) mass is 404 g/mol. The molecule has 0 radical (unpaired) electrons. The molecule has 150 valence electrons. The lowest BCUT2D eigenvalue weighted by Crippen LogP contribution is -2.54. The number of aryl methyl sites for hydroxylation is 1. The van der Waals surface area contributed by atoms with Gasteiger partial charge in [0.25, 0.3) is 11.8 Å². The summed E-state index contributed by atoms with van der Waals surface area (Å²) in [4.78, 5) is 51.9. The van der Waals surface area contributed by atoms with E-state index in [-0.39, 0.29) is 18.4 Å². The second-order valence-corrected chi connectivity index (χ2v) is 9.02. The van der Waals surface area contributed by atoms with Crippen LogP contribution in [0.3, 0.4) is 0 Å². The van der Waals surface area contributed by atoms with E-state index in [0.717, 1.165) is 53.9 Å². The van der Waals surface area contributed by atoms with Crippen molar-refractivity contribution in [2.24, 2.45) is 11.7 Å². The standard InChI is InChI=1S/C19H24N4O4S/c1-10-5-2-3-8-19(10)17(26)23(18(27)22-19)9-13(24)21-16-14(15(20)25)11-6-4-7-12(11)28-16/h10H,2-9H2,1H3,(H2,20,25)(H,21,24)(H,22,27)/t10-,19+/m1/s1. The number of anilines is 1. The Labute approximate surface area is 166 Å². The molecule has 0 bridgehead atoms. The van der Waals surface area contributed by atoms with E-state index < -0.39 is 23.4 Å². The molecule has 0 unspecified atom stereocenters. The van der Waals surface area contributed by atoms with E-state index in [1.54, 1.807) is 0 Å². The summed E-state index contributed by atoms with van der Waals surface area (Å²) in [6, 6.07) is -0.530. The molecule has 4 N–H and O–H groups in total. The quantitative estimate of drug-likeness (QED) is 0.662. The normalized spacial score (nSPS) is 26.5. The van der Waals surface area contributed by atoms with Crippen molar-refractivity contribution in [2.75, 3.05) is 11.9 Å². The van der Waals surface area contributed by atoms with Gasteiger partial charge in [0.2, 0.25) is 5.91 Å². The van der Waals surface area contributed by atoms with Crippen LogP contribution in [0, 0.1) is 5.92 Å². The van der Waals surface area contributed by atoms with E-state index >= 15 is 0 Å². The van der Waals surface area contributed by atoms with Crippen LogP contribution in [-0.4, -0.2) is 40.7 Å². The van der Waals surface area contributed by atoms with Crippen LogP contribution in [0.25, 0.3) is 0 Å². The first-order valence-corrected chi connectivity index (χ1v) is 10.5. The third-order valence-corrected chi connectivity index (χ3v) is 7.43. The Morgan fingerprint density at radius 2 is 2.07 bits per heavy atom. The molecule has 9 heteroatoms. The highest BCUT2D eigenvalue weighted by Crippen LogP contribution is 2.40. The van der Waals surface area contributed by atoms with Crippen LogP contribution in [0.5, 0.6) is 0 Å². The van der Waals surface area contributed by atoms with Gasteiger partial charge in [-0.25, -0.2) is 4.79 Å². The Bertz CT molecular complexity index is 880. The minimum absolute atomic E-state index is 0.0347. The zero-order valence-electron chi connectivity index (χ0n) is 15.8. The van der Waals surface area contributed by atoms with Crippen LogP contribution in [0.1, 0.15) is 59.8 Å². The average molecular weight is 404 g/mol. The van der Waals surface area contributed by atoms with Gasteiger partial charge in [-0.2, -0.15) is 0 Å². The van der Waals surface area contributed by atoms with E-state index in [0.29, 0.717) is 17.0 Å². The van der Waals surface area contributed by atoms with Gasteiger partial charge in [-0.3, -0.25) is 19.3 Å². The lowest BCUT2D eigenvalue weighted by molar-refractivity contribution is -0.136. The molecule has 5 amide bonds. The molecule has 2 aliphatic carbocycles. The van der Waals surface area contributed by atoms with E-state index in [2.05, 4.69) is 10.6 Å². The minimum Gasteiger partial charge on any atom is -0.365 e. The molecule has 2 atom stereocenters. The van der Waals surface area contributed by atoms with Gasteiger partial charge in [-0.05, 0) is 43.6 Å². The molecule has 28 heavy (non-hydrogen) atoms. The van der Waals surface area contributed by atoms with Gasteiger partial charge in [0, 0.05) is 4.88 Å². The highest BCUT2D eigenvalue weighted by Gasteiger charge is 2.55. The van der Waals surface area contributed by atoms with Crippen molar-refractivity contribution in [1.29, 1.82) is 0 Å². The summed E-state index contributed by atoms with van der Waals surface area (Å²) in [5.41, 5.74) is 5.90. The van der Waals surface area contributed by atoms with Gasteiger partial charge in [0.05, 0.1) is 5.56 Å². The number of imide groups is 1. The van der Waals surface area contributed by atoms with Crippen LogP contribution in [0.4, 0.5) is 9.80 Å². The van der Waals surface area contributed by atoms with Crippen molar-refractivity contribution in [3.63, 3.8) is 0 Å². The first-order valence-electron chi connectivity index (χ1n) is 9.72. The second kappa shape index (κ2) is 6.88. The highest BCUT2D eigenvalue weighted by atomic mass is 32.1. The summed E-state index contributed by atoms with van der Waals surface area (Å²) in [5.74, 6) is -1.37. The van der Waals surface area contributed by atoms with Crippen LogP contribution in [0.15, 0.2) is 0 Å². The van der Waals surface area contributed by atoms with Gasteiger partial charge in [0.1, 0.15) is 17.1 Å². The number of fused-ring (bicyclic) bond motifs is 1. The van der Waals surface area contributed by atoms with Crippen LogP contribution in [0.2, 0.25) is 0 Å². The maximum Gasteiger partial charge on any atom is 0.325 e. The zero-order chi connectivity index (χ0) is 20.1. The number of thiophene rings is 1. The van der Waals surface area contributed by atoms with E-state index in [1.165, 1.54) is 11.3 Å². The largest absolute Gasteiger partial charge is 0.365 e. The Morgan fingerprint density at radius 1 is 1.29 bits per heavy atom. The van der Waals surface area contributed by atoms with Gasteiger partial charge in [-0.15, -0.1) is 11.3 Å². The third kappa shape index (κ3) is 2.88. The maximum absolute atomic E-state index is 13.0. The zero-order valence-corrected chi connectivity index (χ0v) is 16.6. The average Bonchev–Trinajstić information content (AvgIpc) is 3.26. The molecule has 1 aromatic rings. The Balaban J connectivity index is 1.50. The molecule has 1 spiro atoms. The number of rotatable bonds is 4. The van der Waals surface area contributed by atoms with Crippen molar-refractivity contribution in [3.8, 4) is 0 Å². The van der Waals surface area contributed by atoms with Crippen molar-refractivity contribution in [1.82, 2.24) is 10.2 Å². The fourth-order valence-electron chi connectivity index (χ4n) is 4.70. The van der Waals surface area contributed by atoms with E-state index in [4.69, 9.17) is 5.73 Å². The molecule has 1 aliphatic heterocycles. The predicted octanol–water partition coefficient (Wildman–Crippen LogP) is 1.77. The summed E-state index contributed by atoms with van der Waals surface area (Å²) in [6.45, 7) is 1.59. The molecular formula is C19H24N4O4S. The number of nitrogens with two attached hydrogens (primary N) is 1. The molecule has 1 saturated carbocycles. The molecule has 3 aliphatic rings. The molecule has 2 heterocycles. The Hall–Kier alpha value is -2.42. The van der Waals surface area contributed by atoms with Gasteiger partial charge >= 0.3 is 6.03 Å². The van der Waals surface area contributed by atoms with Gasteiger partial charge in [-0.1, -0.05) is 19.8 Å². The number of nitrogens with one attached hydrogen (secondary N) is 2. The molecule has 2 fully saturated rings. The summed E-state index contributed by atoms with van der Waals surface area (Å²) < 4.78 is 0. The first-order chi connectivity index (χ1) is 13.3. The first kappa shape index (κ1) is 18.9. The lowest BCUT2D eigenvalue weighted by Gasteiger charge is -2.36. The van der Waals surface area contributed by atoms with Crippen LogP contribution >= 0.6 is 11.3 Å². The molecule has 4 rings (SSSR count). The van der Waals surface area contributed by atoms with Gasteiger partial charge in [0.15, 0.2) is 0 Å². The summed E-state index contributed by atoms with van der Waals surface area (Å²) in [7, 11) is 0. The predicted molar refractivity (Wildman–Crippen MR) is 104 cm³/mol. The number of primary amides is 1. The van der Waals surface area contributed by atoms with E-state index in [1.807, 2.05) is 6.92 Å². The fourth-order valence-corrected chi connectivity index (χ4v) is 6.01. The number of hydrogen-bond donors (Lipinski definition) is 3. The summed E-state index contributed by atoms with van der Waals surface area (Å²) in [6.07, 6.45) is 5.98. The number of carbonyl (C=O) groups excluding carboxylic acids is 4. The molecule has 1 aromatic heterocycles. The Kier molecular flexibility index (Phi) is 4.65.